The maximum atomic E-state index is 13.0. The summed E-state index contributed by atoms with van der Waals surface area (Å²) < 4.78 is 14.6. The fourth-order valence-corrected chi connectivity index (χ4v) is 3.19. The van der Waals surface area contributed by atoms with Crippen molar-refractivity contribution in [3.8, 4) is 5.69 Å². The number of anilines is 1. The molecule has 0 fully saturated rings. The van der Waals surface area contributed by atoms with Crippen LogP contribution in [0, 0.1) is 5.82 Å². The van der Waals surface area contributed by atoms with Crippen molar-refractivity contribution in [1.82, 2.24) is 20.2 Å². The van der Waals surface area contributed by atoms with Gasteiger partial charge >= 0.3 is 0 Å². The average Bonchev–Trinajstić information content (AvgIpc) is 3.14. The first-order valence-electron chi connectivity index (χ1n) is 8.14. The number of hydrogen-bond acceptors (Lipinski definition) is 5. The highest BCUT2D eigenvalue weighted by Crippen LogP contribution is 2.20. The first-order chi connectivity index (χ1) is 12.6. The summed E-state index contributed by atoms with van der Waals surface area (Å²) >= 11 is 1.51. The number of tetrazole rings is 1. The van der Waals surface area contributed by atoms with E-state index in [9.17, 15) is 9.18 Å². The molecule has 8 heteroatoms. The molecule has 26 heavy (non-hydrogen) atoms. The number of nitrogens with zero attached hydrogens (tertiary/aromatic N) is 5. The third-order valence-electron chi connectivity index (χ3n) is 3.80. The van der Waals surface area contributed by atoms with Crippen LogP contribution in [0.5, 0.6) is 0 Å². The molecule has 6 nitrogen and oxygen atoms in total. The summed E-state index contributed by atoms with van der Waals surface area (Å²) in [6.45, 7) is 0. The number of benzene rings is 2. The lowest BCUT2D eigenvalue weighted by atomic mass is 10.2. The second kappa shape index (κ2) is 8.57. The Labute approximate surface area is 155 Å². The Kier molecular flexibility index (Phi) is 5.96. The van der Waals surface area contributed by atoms with Crippen molar-refractivity contribution in [2.24, 2.45) is 0 Å². The molecule has 2 aromatic carbocycles. The van der Waals surface area contributed by atoms with Gasteiger partial charge in [-0.2, -0.15) is 4.68 Å². The van der Waals surface area contributed by atoms with Gasteiger partial charge < -0.3 is 4.90 Å². The Balaban J connectivity index is 1.49. The number of para-hydroxylation sites is 1. The van der Waals surface area contributed by atoms with E-state index in [1.54, 1.807) is 23.9 Å². The van der Waals surface area contributed by atoms with Gasteiger partial charge in [0, 0.05) is 24.9 Å². The van der Waals surface area contributed by atoms with Crippen molar-refractivity contribution >= 4 is 23.4 Å². The molecule has 0 spiro atoms. The molecule has 1 amide bonds. The largest absolute Gasteiger partial charge is 0.316 e. The van der Waals surface area contributed by atoms with E-state index in [0.717, 1.165) is 11.4 Å². The Morgan fingerprint density at radius 2 is 1.88 bits per heavy atom. The van der Waals surface area contributed by atoms with E-state index in [1.165, 1.54) is 28.8 Å². The fourth-order valence-electron chi connectivity index (χ4n) is 2.36. The van der Waals surface area contributed by atoms with Crippen LogP contribution in [-0.4, -0.2) is 38.9 Å². The van der Waals surface area contributed by atoms with Crippen LogP contribution >= 0.6 is 11.8 Å². The lowest BCUT2D eigenvalue weighted by Gasteiger charge is -2.17. The summed E-state index contributed by atoms with van der Waals surface area (Å²) in [4.78, 5) is 13.8. The Hall–Kier alpha value is -2.74. The van der Waals surface area contributed by atoms with Crippen molar-refractivity contribution in [2.75, 3.05) is 17.7 Å². The maximum absolute atomic E-state index is 13.0. The first-order valence-corrected chi connectivity index (χ1v) is 9.12. The van der Waals surface area contributed by atoms with E-state index < -0.39 is 0 Å². The zero-order valence-corrected chi connectivity index (χ0v) is 15.1. The van der Waals surface area contributed by atoms with Crippen molar-refractivity contribution in [3.05, 3.63) is 60.4 Å². The Bertz CT molecular complexity index is 854. The van der Waals surface area contributed by atoms with Crippen LogP contribution in [0.2, 0.25) is 0 Å². The second-order valence-corrected chi connectivity index (χ2v) is 6.65. The van der Waals surface area contributed by atoms with E-state index in [1.807, 2.05) is 30.3 Å². The van der Waals surface area contributed by atoms with E-state index in [0.29, 0.717) is 23.7 Å². The first kappa shape index (κ1) is 18.1. The molecule has 0 saturated carbocycles. The summed E-state index contributed by atoms with van der Waals surface area (Å²) in [7, 11) is 1.69. The molecule has 0 saturated heterocycles. The second-order valence-electron chi connectivity index (χ2n) is 5.59. The highest BCUT2D eigenvalue weighted by atomic mass is 32.2. The summed E-state index contributed by atoms with van der Waals surface area (Å²) in [6, 6.07) is 15.5. The molecular weight excluding hydrogens is 353 g/mol. The predicted octanol–water partition coefficient (Wildman–Crippen LogP) is 3.34. The highest BCUT2D eigenvalue weighted by molar-refractivity contribution is 7.99. The topological polar surface area (TPSA) is 63.9 Å². The van der Waals surface area contributed by atoms with Gasteiger partial charge in [0.2, 0.25) is 11.1 Å². The van der Waals surface area contributed by atoms with E-state index in [2.05, 4.69) is 15.5 Å². The lowest BCUT2D eigenvalue weighted by Crippen LogP contribution is -2.25. The van der Waals surface area contributed by atoms with Gasteiger partial charge in [-0.1, -0.05) is 30.0 Å². The van der Waals surface area contributed by atoms with Crippen LogP contribution < -0.4 is 4.90 Å². The van der Waals surface area contributed by atoms with Crippen molar-refractivity contribution < 1.29 is 9.18 Å². The molecule has 0 unspecified atom stereocenters. The number of rotatable bonds is 7. The molecule has 1 aromatic heterocycles. The van der Waals surface area contributed by atoms with Gasteiger partial charge in [0.15, 0.2) is 0 Å². The molecule has 0 aliphatic carbocycles. The third-order valence-corrected chi connectivity index (χ3v) is 4.80. The zero-order valence-electron chi connectivity index (χ0n) is 14.2. The number of carbonyl (C=O) groups is 1. The van der Waals surface area contributed by atoms with Crippen molar-refractivity contribution in [1.29, 1.82) is 0 Å². The third kappa shape index (κ3) is 4.45. The molecule has 3 rings (SSSR count). The number of aromatic nitrogens is 4. The number of hydrogen-bond donors (Lipinski definition) is 0. The average molecular weight is 371 g/mol. The standard InChI is InChI=1S/C18H18FN5OS/c1-23(15-11-9-14(19)10-12-15)17(25)8-5-13-26-18-20-21-22-24(18)16-6-3-2-4-7-16/h2-4,6-7,9-12H,5,8,13H2,1H3. The SMILES string of the molecule is CN(C(=O)CCCSc1nnnn1-c1ccccc1)c1ccc(F)cc1. The minimum Gasteiger partial charge on any atom is -0.316 e. The quantitative estimate of drug-likeness (QED) is 0.471. The van der Waals surface area contributed by atoms with Crippen LogP contribution in [0.15, 0.2) is 59.8 Å². The van der Waals surface area contributed by atoms with E-state index in [4.69, 9.17) is 0 Å². The number of thioether (sulfide) groups is 1. The summed E-state index contributed by atoms with van der Waals surface area (Å²) in [5.74, 6) is 0.387. The monoisotopic (exact) mass is 371 g/mol. The molecule has 0 atom stereocenters. The van der Waals surface area contributed by atoms with Crippen LogP contribution in [0.3, 0.4) is 0 Å². The Morgan fingerprint density at radius 1 is 1.15 bits per heavy atom. The van der Waals surface area contributed by atoms with Crippen molar-refractivity contribution in [3.63, 3.8) is 0 Å². The van der Waals surface area contributed by atoms with Crippen LogP contribution in [0.25, 0.3) is 5.69 Å². The van der Waals surface area contributed by atoms with Gasteiger partial charge in [-0.3, -0.25) is 4.79 Å². The van der Waals surface area contributed by atoms with Crippen LogP contribution in [0.1, 0.15) is 12.8 Å². The van der Waals surface area contributed by atoms with Crippen molar-refractivity contribution in [2.45, 2.75) is 18.0 Å². The molecule has 3 aromatic rings. The van der Waals surface area contributed by atoms with Gasteiger partial charge in [-0.05, 0) is 53.2 Å². The molecule has 0 aliphatic rings. The molecular formula is C18H18FN5OS. The highest BCUT2D eigenvalue weighted by Gasteiger charge is 2.12. The van der Waals surface area contributed by atoms with Gasteiger partial charge in [-0.25, -0.2) is 4.39 Å². The van der Waals surface area contributed by atoms with Gasteiger partial charge in [0.25, 0.3) is 0 Å². The minimum atomic E-state index is -0.317. The zero-order chi connectivity index (χ0) is 18.4. The number of carbonyl (C=O) groups excluding carboxylic acids is 1. The number of halogens is 1. The van der Waals surface area contributed by atoms with Gasteiger partial charge in [0.1, 0.15) is 5.82 Å². The molecule has 1 heterocycles. The maximum Gasteiger partial charge on any atom is 0.226 e. The smallest absolute Gasteiger partial charge is 0.226 e. The molecule has 0 bridgehead atoms. The van der Waals surface area contributed by atoms with Gasteiger partial charge in [0.05, 0.1) is 5.69 Å². The summed E-state index contributed by atoms with van der Waals surface area (Å²) in [5.41, 5.74) is 1.57. The normalized spacial score (nSPS) is 10.7. The minimum absolute atomic E-state index is 0.0140. The lowest BCUT2D eigenvalue weighted by molar-refractivity contribution is -0.118. The van der Waals surface area contributed by atoms with E-state index >= 15 is 0 Å². The fraction of sp³-hybridized carbons (Fsp3) is 0.222. The number of amides is 1. The summed E-state index contributed by atoms with van der Waals surface area (Å²) in [6.07, 6.45) is 1.09. The van der Waals surface area contributed by atoms with E-state index in [-0.39, 0.29) is 11.7 Å². The van der Waals surface area contributed by atoms with Crippen LogP contribution in [-0.2, 0) is 4.79 Å². The molecule has 134 valence electrons. The molecule has 0 N–H and O–H groups in total. The van der Waals surface area contributed by atoms with Gasteiger partial charge in [-0.15, -0.1) is 5.10 Å². The molecule has 0 aliphatic heterocycles. The Morgan fingerprint density at radius 3 is 2.62 bits per heavy atom. The van der Waals surface area contributed by atoms with Crippen LogP contribution in [0.4, 0.5) is 10.1 Å². The predicted molar refractivity (Wildman–Crippen MR) is 98.9 cm³/mol. The summed E-state index contributed by atoms with van der Waals surface area (Å²) in [5, 5.41) is 12.5. The molecule has 0 radical (unpaired) electrons.